The van der Waals surface area contributed by atoms with Crippen molar-refractivity contribution in [3.05, 3.63) is 0 Å². The second kappa shape index (κ2) is 45.7. The second-order valence-electron chi connectivity index (χ2n) is 45.8. The van der Waals surface area contributed by atoms with Crippen LogP contribution in [0.15, 0.2) is 0 Å². The molecule has 30 atom stereocenters. The lowest BCUT2D eigenvalue weighted by Crippen LogP contribution is -2.46. The van der Waals surface area contributed by atoms with Gasteiger partial charge in [-0.2, -0.15) is 0 Å². The van der Waals surface area contributed by atoms with Gasteiger partial charge < -0.3 is 56.8 Å². The van der Waals surface area contributed by atoms with Crippen molar-refractivity contribution < 1.29 is 114 Å². The monoisotopic (exact) mass is 1910 g/mol. The summed E-state index contributed by atoms with van der Waals surface area (Å²) in [6.45, 7) is 36.7. The van der Waals surface area contributed by atoms with Crippen molar-refractivity contribution in [1.29, 1.82) is 0 Å². The zero-order valence-corrected chi connectivity index (χ0v) is 77.0. The molecule has 135 heavy (non-hydrogen) atoms. The van der Waals surface area contributed by atoms with Gasteiger partial charge in [0.2, 0.25) is 0 Å². The molecule has 14 bridgehead atoms. The van der Waals surface area contributed by atoms with Crippen LogP contribution in [0.2, 0.25) is 0 Å². The fraction of sp³-hybridized carbons (Fsp3) is 0.892. The van der Waals surface area contributed by atoms with Gasteiger partial charge in [0.1, 0.15) is 36.6 Å². The van der Waals surface area contributed by atoms with E-state index in [1.807, 2.05) is 118 Å². The SMILES string of the molecule is C.C.C.C.C.C.C.C.C.C.C.C.CCC(C)(C)C(=O)OC1CC2CC1C1(CCOC1=O)C2.CCC(C)(C)C(=O)OC1CC2CC1C1(COC(=O)C1)C2.CCC(C)(C)C(=O)OC1CC2CC1C1C2C2CC1C1(CCOC1=O)C2.CCC(C)(C)C(=O)OC1CC2CC1CC21CCOC1=O.CCC(C)(C)C(=O)OC1CC2CC1CC21COC(=O)C1.CCC(C)C(=O)OC1CC2CC1C1C(=O)OCC21. The van der Waals surface area contributed by atoms with Crippen LogP contribution < -0.4 is 0 Å². The van der Waals surface area contributed by atoms with Crippen molar-refractivity contribution in [1.82, 2.24) is 0 Å². The van der Waals surface area contributed by atoms with E-state index < -0.39 is 27.1 Å². The van der Waals surface area contributed by atoms with E-state index in [0.717, 1.165) is 166 Å². The molecule has 20 aliphatic rings. The van der Waals surface area contributed by atoms with Gasteiger partial charge in [0.05, 0.1) is 108 Å². The topological polar surface area (TPSA) is 316 Å². The van der Waals surface area contributed by atoms with Gasteiger partial charge in [-0.05, 0) is 320 Å². The molecule has 0 aromatic rings. The summed E-state index contributed by atoms with van der Waals surface area (Å²) >= 11 is 0. The first kappa shape index (κ1) is 123. The molecular weight excluding hydrogens is 1720 g/mol. The lowest BCUT2D eigenvalue weighted by atomic mass is 9.60. The molecule has 20 fully saturated rings. The first-order valence-electron chi connectivity index (χ1n) is 48.2. The highest BCUT2D eigenvalue weighted by Gasteiger charge is 2.73. The van der Waals surface area contributed by atoms with Gasteiger partial charge in [-0.3, -0.25) is 57.5 Å². The maximum atomic E-state index is 12.6. The third-order valence-corrected chi connectivity index (χ3v) is 37.4. The van der Waals surface area contributed by atoms with Gasteiger partial charge >= 0.3 is 71.6 Å². The third-order valence-electron chi connectivity index (χ3n) is 37.4. The van der Waals surface area contributed by atoms with E-state index in [4.69, 9.17) is 56.8 Å². The molecule has 30 unspecified atom stereocenters. The third kappa shape index (κ3) is 22.1. The van der Waals surface area contributed by atoms with E-state index in [-0.39, 0.29) is 248 Å². The summed E-state index contributed by atoms with van der Waals surface area (Å²) in [5, 5.41) is 0. The number of carbonyl (C=O) groups is 12. The van der Waals surface area contributed by atoms with Crippen LogP contribution >= 0.6 is 0 Å². The van der Waals surface area contributed by atoms with Gasteiger partial charge in [0.25, 0.3) is 0 Å². The summed E-state index contributed by atoms with van der Waals surface area (Å²) in [5.74, 6) is 7.27. The summed E-state index contributed by atoms with van der Waals surface area (Å²) in [5.41, 5.74) is -2.82. The highest BCUT2D eigenvalue weighted by molar-refractivity contribution is 5.83. The van der Waals surface area contributed by atoms with Gasteiger partial charge in [-0.15, -0.1) is 0 Å². The maximum Gasteiger partial charge on any atom is 0.312 e. The average Bonchev–Trinajstić information content (AvgIpc) is 1.51. The molecule has 0 aromatic carbocycles. The molecule has 14 aliphatic carbocycles. The fourth-order valence-corrected chi connectivity index (χ4v) is 27.8. The first-order chi connectivity index (χ1) is 58.0. The minimum atomic E-state index is -0.439. The van der Waals surface area contributed by atoms with E-state index in [9.17, 15) is 57.5 Å². The summed E-state index contributed by atoms with van der Waals surface area (Å²) in [6.07, 6.45) is 26.5. The van der Waals surface area contributed by atoms with Crippen LogP contribution in [0.4, 0.5) is 0 Å². The quantitative estimate of drug-likeness (QED) is 0.0699. The van der Waals surface area contributed by atoms with Crippen LogP contribution in [-0.4, -0.2) is 148 Å². The number of esters is 12. The predicted octanol–water partition coefficient (Wildman–Crippen LogP) is 23.8. The van der Waals surface area contributed by atoms with Crippen LogP contribution in [0, 0.1) is 167 Å². The number of hydrogen-bond donors (Lipinski definition) is 0. The van der Waals surface area contributed by atoms with Crippen molar-refractivity contribution in [2.45, 2.75) is 430 Å². The van der Waals surface area contributed by atoms with Crippen LogP contribution in [0.3, 0.4) is 0 Å². The Morgan fingerprint density at radius 2 is 0.733 bits per heavy atom. The smallest absolute Gasteiger partial charge is 0.312 e. The molecule has 0 radical (unpaired) electrons. The predicted molar refractivity (Wildman–Crippen MR) is 527 cm³/mol. The highest BCUT2D eigenvalue weighted by atomic mass is 16.6. The lowest BCUT2D eigenvalue weighted by Gasteiger charge is -2.44. The Morgan fingerprint density at radius 3 is 1.15 bits per heavy atom. The number of cyclic esters (lactones) is 6. The van der Waals surface area contributed by atoms with E-state index in [1.165, 1.54) is 12.8 Å². The summed E-state index contributed by atoms with van der Waals surface area (Å²) in [4.78, 5) is 145. The summed E-state index contributed by atoms with van der Waals surface area (Å²) in [7, 11) is 0. The molecule has 0 N–H and O–H groups in total. The molecule has 0 amide bonds. The Hall–Kier alpha value is -6.36. The molecule has 24 heteroatoms. The minimum Gasteiger partial charge on any atom is -0.465 e. The summed E-state index contributed by atoms with van der Waals surface area (Å²) in [6, 6.07) is 0. The molecule has 6 aliphatic heterocycles. The Morgan fingerprint density at radius 1 is 0.341 bits per heavy atom. The lowest BCUT2D eigenvalue weighted by molar-refractivity contribution is -0.169. The molecular formula is C111H194O24. The molecule has 20 rings (SSSR count). The van der Waals surface area contributed by atoms with Crippen molar-refractivity contribution in [2.75, 3.05) is 39.6 Å². The average molecular weight is 1910 g/mol. The first-order valence-corrected chi connectivity index (χ1v) is 48.2. The number of hydrogen-bond acceptors (Lipinski definition) is 24. The molecule has 6 heterocycles. The van der Waals surface area contributed by atoms with Gasteiger partial charge in [-0.1, -0.05) is 138 Å². The zero-order chi connectivity index (χ0) is 88.6. The number of carbonyl (C=O) groups excluding carboxylic acids is 12. The van der Waals surface area contributed by atoms with Crippen LogP contribution in [0.5, 0.6) is 0 Å². The molecule has 14 saturated carbocycles. The molecule has 5 spiro atoms. The Balaban J connectivity index is 0.000000411. The van der Waals surface area contributed by atoms with Gasteiger partial charge in [0, 0.05) is 34.5 Å². The maximum absolute atomic E-state index is 12.6. The minimum absolute atomic E-state index is 0. The van der Waals surface area contributed by atoms with Crippen LogP contribution in [0.25, 0.3) is 0 Å². The Kier molecular flexibility index (Phi) is 41.6. The van der Waals surface area contributed by atoms with Crippen LogP contribution in [0.1, 0.15) is 393 Å². The largest absolute Gasteiger partial charge is 0.465 e. The van der Waals surface area contributed by atoms with Gasteiger partial charge in [-0.25, -0.2) is 0 Å². The van der Waals surface area contributed by atoms with E-state index in [2.05, 4.69) is 0 Å². The molecule has 0 aromatic heterocycles. The molecule has 24 nitrogen and oxygen atoms in total. The number of ether oxygens (including phenoxy) is 12. The fourth-order valence-electron chi connectivity index (χ4n) is 27.8. The van der Waals surface area contributed by atoms with Crippen molar-refractivity contribution in [3.63, 3.8) is 0 Å². The van der Waals surface area contributed by atoms with E-state index >= 15 is 0 Å². The van der Waals surface area contributed by atoms with Gasteiger partial charge in [0.15, 0.2) is 0 Å². The summed E-state index contributed by atoms with van der Waals surface area (Å²) < 4.78 is 66.1. The van der Waals surface area contributed by atoms with E-state index in [1.54, 1.807) is 0 Å². The normalized spacial score (nSPS) is 38.2. The number of rotatable bonds is 18. The van der Waals surface area contributed by atoms with Crippen molar-refractivity contribution in [3.8, 4) is 0 Å². The molecule has 6 saturated heterocycles. The zero-order valence-electron chi connectivity index (χ0n) is 77.0. The number of fused-ring (bicyclic) bond motifs is 27. The second-order valence-corrected chi connectivity index (χ2v) is 45.8. The highest BCUT2D eigenvalue weighted by Crippen LogP contribution is 2.74. The Labute approximate surface area is 817 Å². The van der Waals surface area contributed by atoms with Crippen molar-refractivity contribution in [2.24, 2.45) is 167 Å². The standard InChI is InChI=1S/C21H30O4.4C16H24O4.C14H20O4.12CH4/c1-4-20(2,3)18(22)25-15-9-11-7-13(15)17-14-8-12(16(11)17)10-21(14)5-6-24-19(21)23;1-4-15(2,3)14(18)20-12-6-11-5-10(12)7-16(11)8-13(17)19-9-16;1-4-15(2,3)14(18)20-12-6-10-5-11(12)16(7-10)8-13(17)19-9-16;1-4-15(2,3)13(17)20-12-8-11-7-10(12)9-16(11)5-6-19-14(16)18;1-4-15(2,3)13(17)20-12-8-10-7-11(12)16(9-10)5-6-19-14(16)18;1-3-7(2)13(15)18-11-5-8-4-9(11)12-10(8)6-17-14(12)16;;;;;;;;;;;;/h11-17H,4-10H2,1-3H3;4*10-12H,4-9H2,1-3H3;7-12H,3-6H2,1-2H3;12*1H4. The Bertz CT molecular complexity index is 4080. The van der Waals surface area contributed by atoms with E-state index in [0.29, 0.717) is 135 Å². The van der Waals surface area contributed by atoms with Crippen LogP contribution in [-0.2, 0) is 114 Å². The molecule has 782 valence electrons. The van der Waals surface area contributed by atoms with Crippen molar-refractivity contribution >= 4 is 71.6 Å².